The number of thiophene rings is 1. The lowest BCUT2D eigenvalue weighted by Crippen LogP contribution is -2.37. The summed E-state index contributed by atoms with van der Waals surface area (Å²) >= 11 is 1.25. The fraction of sp³-hybridized carbons (Fsp3) is 0.688. The summed E-state index contributed by atoms with van der Waals surface area (Å²) in [5.41, 5.74) is 0. The molecule has 2 aliphatic heterocycles. The first kappa shape index (κ1) is 16.9. The van der Waals surface area contributed by atoms with Crippen molar-refractivity contribution in [3.05, 3.63) is 16.3 Å². The van der Waals surface area contributed by atoms with Gasteiger partial charge in [0.25, 0.3) is 5.91 Å². The molecule has 0 N–H and O–H groups in total. The zero-order valence-corrected chi connectivity index (χ0v) is 15.0. The third-order valence-corrected chi connectivity index (χ3v) is 7.62. The maximum Gasteiger partial charge on any atom is 0.265 e. The lowest BCUT2D eigenvalue weighted by Gasteiger charge is -2.26. The van der Waals surface area contributed by atoms with E-state index in [2.05, 4.69) is 0 Å². The predicted octanol–water partition coefficient (Wildman–Crippen LogP) is 2.94. The zero-order chi connectivity index (χ0) is 16.3. The van der Waals surface area contributed by atoms with Gasteiger partial charge in [0.1, 0.15) is 9.77 Å². The molecule has 2 aliphatic rings. The van der Waals surface area contributed by atoms with E-state index in [1.807, 2.05) is 4.90 Å². The number of nitrogens with zero attached hydrogens (tertiary/aromatic N) is 2. The molecule has 5 nitrogen and oxygen atoms in total. The van der Waals surface area contributed by atoms with Gasteiger partial charge < -0.3 is 4.90 Å². The number of rotatable bonds is 3. The number of carbonyl (C=O) groups is 1. The Morgan fingerprint density at radius 1 is 0.913 bits per heavy atom. The SMILES string of the molecule is O=C(c1sccc1S(=O)(=O)N1CCCCC1)N1CCCCCC1. The van der Waals surface area contributed by atoms with Crippen LogP contribution in [0.15, 0.2) is 16.3 Å². The van der Waals surface area contributed by atoms with Crippen molar-refractivity contribution in [3.63, 3.8) is 0 Å². The van der Waals surface area contributed by atoms with Gasteiger partial charge in [-0.05, 0) is 37.1 Å². The van der Waals surface area contributed by atoms with E-state index in [4.69, 9.17) is 0 Å². The van der Waals surface area contributed by atoms with Crippen molar-refractivity contribution >= 4 is 27.3 Å². The van der Waals surface area contributed by atoms with Gasteiger partial charge in [0.15, 0.2) is 0 Å². The second-order valence-electron chi connectivity index (χ2n) is 6.29. The molecule has 0 aromatic carbocycles. The molecular formula is C16H24N2O3S2. The Bertz CT molecular complexity index is 640. The third-order valence-electron chi connectivity index (χ3n) is 4.65. The van der Waals surface area contributed by atoms with E-state index in [1.54, 1.807) is 11.4 Å². The van der Waals surface area contributed by atoms with Crippen molar-refractivity contribution in [2.75, 3.05) is 26.2 Å². The summed E-state index contributed by atoms with van der Waals surface area (Å²) in [6.07, 6.45) is 7.18. The number of hydrogen-bond acceptors (Lipinski definition) is 4. The third kappa shape index (κ3) is 3.61. The minimum absolute atomic E-state index is 0.113. The first-order valence-corrected chi connectivity index (χ1v) is 10.8. The monoisotopic (exact) mass is 356 g/mol. The normalized spacial score (nSPS) is 21.1. The number of piperidine rings is 1. The Kier molecular flexibility index (Phi) is 5.38. The fourth-order valence-electron chi connectivity index (χ4n) is 3.32. The molecule has 1 aromatic rings. The van der Waals surface area contributed by atoms with Crippen LogP contribution in [0.3, 0.4) is 0 Å². The second-order valence-corrected chi connectivity index (χ2v) is 9.11. The second kappa shape index (κ2) is 7.32. The summed E-state index contributed by atoms with van der Waals surface area (Å²) in [6, 6.07) is 1.60. The lowest BCUT2D eigenvalue weighted by atomic mass is 10.2. The molecule has 1 aromatic heterocycles. The first-order chi connectivity index (χ1) is 11.1. The van der Waals surface area contributed by atoms with Crippen molar-refractivity contribution < 1.29 is 13.2 Å². The summed E-state index contributed by atoms with van der Waals surface area (Å²) in [5, 5.41) is 1.72. The number of sulfonamides is 1. The summed E-state index contributed by atoms with van der Waals surface area (Å²) in [7, 11) is -3.55. The Morgan fingerprint density at radius 2 is 1.48 bits per heavy atom. The van der Waals surface area contributed by atoms with Crippen molar-refractivity contribution in [1.82, 2.24) is 9.21 Å². The molecule has 0 bridgehead atoms. The molecule has 3 rings (SSSR count). The predicted molar refractivity (Wildman–Crippen MR) is 91.3 cm³/mol. The molecule has 2 fully saturated rings. The van der Waals surface area contributed by atoms with E-state index in [9.17, 15) is 13.2 Å². The average molecular weight is 357 g/mol. The van der Waals surface area contributed by atoms with Crippen LogP contribution in [-0.4, -0.2) is 49.7 Å². The largest absolute Gasteiger partial charge is 0.338 e. The van der Waals surface area contributed by atoms with Gasteiger partial charge in [-0.1, -0.05) is 19.3 Å². The Hall–Kier alpha value is -0.920. The number of likely N-dealkylation sites (tertiary alicyclic amines) is 1. The van der Waals surface area contributed by atoms with Crippen LogP contribution >= 0.6 is 11.3 Å². The molecule has 1 amide bonds. The molecule has 7 heteroatoms. The molecule has 0 spiro atoms. The van der Waals surface area contributed by atoms with Crippen LogP contribution in [0.2, 0.25) is 0 Å². The highest BCUT2D eigenvalue weighted by molar-refractivity contribution is 7.89. The van der Waals surface area contributed by atoms with E-state index in [0.717, 1.165) is 58.0 Å². The summed E-state index contributed by atoms with van der Waals surface area (Å²) < 4.78 is 27.3. The standard InChI is InChI=1S/C16H24N2O3S2/c19-16(17-9-4-1-2-5-10-17)15-14(8-13-22-15)23(20,21)18-11-6-3-7-12-18/h8,13H,1-7,9-12H2. The van der Waals surface area contributed by atoms with Gasteiger partial charge in [-0.25, -0.2) is 8.42 Å². The van der Waals surface area contributed by atoms with Gasteiger partial charge in [0.2, 0.25) is 10.0 Å². The van der Waals surface area contributed by atoms with E-state index in [-0.39, 0.29) is 10.8 Å². The van der Waals surface area contributed by atoms with E-state index in [1.165, 1.54) is 15.6 Å². The van der Waals surface area contributed by atoms with Crippen LogP contribution in [0.25, 0.3) is 0 Å². The van der Waals surface area contributed by atoms with Crippen LogP contribution in [0.5, 0.6) is 0 Å². The smallest absolute Gasteiger partial charge is 0.265 e. The molecule has 0 aliphatic carbocycles. The number of carbonyl (C=O) groups excluding carboxylic acids is 1. The van der Waals surface area contributed by atoms with Gasteiger partial charge in [-0.2, -0.15) is 4.31 Å². The van der Waals surface area contributed by atoms with Gasteiger partial charge in [0, 0.05) is 26.2 Å². The zero-order valence-electron chi connectivity index (χ0n) is 13.4. The van der Waals surface area contributed by atoms with E-state index < -0.39 is 10.0 Å². The van der Waals surface area contributed by atoms with E-state index >= 15 is 0 Å². The van der Waals surface area contributed by atoms with Crippen LogP contribution in [0.4, 0.5) is 0 Å². The van der Waals surface area contributed by atoms with Crippen LogP contribution in [-0.2, 0) is 10.0 Å². The molecule has 0 atom stereocenters. The summed E-state index contributed by atoms with van der Waals surface area (Å²) in [6.45, 7) is 2.60. The maximum absolute atomic E-state index is 12.9. The highest BCUT2D eigenvalue weighted by atomic mass is 32.2. The molecule has 0 radical (unpaired) electrons. The molecule has 23 heavy (non-hydrogen) atoms. The van der Waals surface area contributed by atoms with Crippen molar-refractivity contribution in [2.24, 2.45) is 0 Å². The number of amides is 1. The van der Waals surface area contributed by atoms with Gasteiger partial charge in [-0.3, -0.25) is 4.79 Å². The van der Waals surface area contributed by atoms with E-state index in [0.29, 0.717) is 18.0 Å². The maximum atomic E-state index is 12.9. The molecule has 0 saturated carbocycles. The quantitative estimate of drug-likeness (QED) is 0.837. The number of hydrogen-bond donors (Lipinski definition) is 0. The van der Waals surface area contributed by atoms with Crippen molar-refractivity contribution in [2.45, 2.75) is 49.8 Å². The minimum atomic E-state index is -3.55. The van der Waals surface area contributed by atoms with Crippen molar-refractivity contribution in [1.29, 1.82) is 0 Å². The van der Waals surface area contributed by atoms with Gasteiger partial charge in [0.05, 0.1) is 0 Å². The van der Waals surface area contributed by atoms with Gasteiger partial charge in [-0.15, -0.1) is 11.3 Å². The Labute approximate surface area is 142 Å². The average Bonchev–Trinajstić information content (AvgIpc) is 2.91. The molecular weight excluding hydrogens is 332 g/mol. The van der Waals surface area contributed by atoms with Gasteiger partial charge >= 0.3 is 0 Å². The highest BCUT2D eigenvalue weighted by Gasteiger charge is 2.32. The molecule has 3 heterocycles. The highest BCUT2D eigenvalue weighted by Crippen LogP contribution is 2.29. The summed E-state index contributed by atoms with van der Waals surface area (Å²) in [4.78, 5) is 15.2. The molecule has 2 saturated heterocycles. The van der Waals surface area contributed by atoms with Crippen LogP contribution in [0.1, 0.15) is 54.6 Å². The Balaban J connectivity index is 1.84. The molecule has 0 unspecified atom stereocenters. The topological polar surface area (TPSA) is 57.7 Å². The summed E-state index contributed by atoms with van der Waals surface area (Å²) in [5.74, 6) is -0.113. The molecule has 128 valence electrons. The van der Waals surface area contributed by atoms with Crippen LogP contribution in [0, 0.1) is 0 Å². The van der Waals surface area contributed by atoms with Crippen LogP contribution < -0.4 is 0 Å². The first-order valence-electron chi connectivity index (χ1n) is 8.47. The van der Waals surface area contributed by atoms with Crippen molar-refractivity contribution in [3.8, 4) is 0 Å². The minimum Gasteiger partial charge on any atom is -0.338 e. The fourth-order valence-corrected chi connectivity index (χ4v) is 6.20. The lowest BCUT2D eigenvalue weighted by molar-refractivity contribution is 0.0763. The Morgan fingerprint density at radius 3 is 2.13 bits per heavy atom.